The van der Waals surface area contributed by atoms with Crippen LogP contribution in [0.25, 0.3) is 0 Å². The van der Waals surface area contributed by atoms with Crippen LogP contribution in [0.2, 0.25) is 5.02 Å². The highest BCUT2D eigenvalue weighted by atomic mass is 35.5. The summed E-state index contributed by atoms with van der Waals surface area (Å²) in [5.41, 5.74) is 1.62. The van der Waals surface area contributed by atoms with Gasteiger partial charge < -0.3 is 15.5 Å². The Labute approximate surface area is 180 Å². The summed E-state index contributed by atoms with van der Waals surface area (Å²) in [6.45, 7) is 7.75. The van der Waals surface area contributed by atoms with Gasteiger partial charge in [0.05, 0.1) is 10.6 Å². The van der Waals surface area contributed by atoms with Crippen molar-refractivity contribution in [3.8, 4) is 0 Å². The number of carbonyl (C=O) groups excluding carboxylic acids is 1. The van der Waals surface area contributed by atoms with Gasteiger partial charge in [-0.1, -0.05) is 11.6 Å². The van der Waals surface area contributed by atoms with Gasteiger partial charge in [0.2, 0.25) is 0 Å². The maximum atomic E-state index is 13.2. The van der Waals surface area contributed by atoms with E-state index in [4.69, 9.17) is 11.6 Å². The zero-order valence-corrected chi connectivity index (χ0v) is 17.8. The molecule has 2 aromatic carbocycles. The number of halogens is 2. The minimum absolute atomic E-state index is 0.0638. The van der Waals surface area contributed by atoms with Crippen LogP contribution < -0.4 is 15.5 Å². The second kappa shape index (κ2) is 9.54. The Hall–Kier alpha value is -3.19. The fourth-order valence-electron chi connectivity index (χ4n) is 2.98. The van der Waals surface area contributed by atoms with Gasteiger partial charge in [0, 0.05) is 30.5 Å². The Morgan fingerprint density at radius 3 is 2.33 bits per heavy atom. The highest BCUT2D eigenvalue weighted by Crippen LogP contribution is 2.23. The molecule has 1 aromatic heterocycles. The fraction of sp³-hybridized carbons (Fsp3) is 0.227. The molecule has 0 saturated heterocycles. The summed E-state index contributed by atoms with van der Waals surface area (Å²) in [5, 5.41) is 6.08. The van der Waals surface area contributed by atoms with Crippen molar-refractivity contribution in [2.75, 3.05) is 28.6 Å². The van der Waals surface area contributed by atoms with Crippen molar-refractivity contribution in [3.63, 3.8) is 0 Å². The molecular formula is C22H23ClFN5O. The van der Waals surface area contributed by atoms with Gasteiger partial charge in [-0.15, -0.1) is 0 Å². The van der Waals surface area contributed by atoms with Gasteiger partial charge in [-0.25, -0.2) is 14.4 Å². The van der Waals surface area contributed by atoms with Crippen molar-refractivity contribution >= 4 is 40.5 Å². The number of amides is 1. The Morgan fingerprint density at radius 2 is 1.70 bits per heavy atom. The molecule has 0 unspecified atom stereocenters. The van der Waals surface area contributed by atoms with Crippen LogP contribution in [0.15, 0.2) is 48.5 Å². The molecule has 0 saturated carbocycles. The molecule has 0 bridgehead atoms. The molecule has 6 nitrogen and oxygen atoms in total. The van der Waals surface area contributed by atoms with Crippen molar-refractivity contribution < 1.29 is 9.18 Å². The van der Waals surface area contributed by atoms with Gasteiger partial charge in [-0.3, -0.25) is 4.79 Å². The van der Waals surface area contributed by atoms with Gasteiger partial charge in [-0.2, -0.15) is 0 Å². The van der Waals surface area contributed by atoms with Crippen molar-refractivity contribution in [2.24, 2.45) is 0 Å². The smallest absolute Gasteiger partial charge is 0.257 e. The highest BCUT2D eigenvalue weighted by molar-refractivity contribution is 6.34. The third-order valence-corrected chi connectivity index (χ3v) is 4.82. The van der Waals surface area contributed by atoms with E-state index < -0.39 is 11.7 Å². The second-order valence-electron chi connectivity index (χ2n) is 6.61. The van der Waals surface area contributed by atoms with Crippen molar-refractivity contribution in [1.82, 2.24) is 9.97 Å². The summed E-state index contributed by atoms with van der Waals surface area (Å²) in [5.74, 6) is 1.35. The summed E-state index contributed by atoms with van der Waals surface area (Å²) in [7, 11) is 0. The largest absolute Gasteiger partial charge is 0.357 e. The van der Waals surface area contributed by atoms with E-state index in [1.54, 1.807) is 12.1 Å². The molecule has 1 heterocycles. The van der Waals surface area contributed by atoms with E-state index in [0.717, 1.165) is 30.7 Å². The summed E-state index contributed by atoms with van der Waals surface area (Å²) >= 11 is 5.95. The number of carbonyl (C=O) groups is 1. The van der Waals surface area contributed by atoms with Crippen molar-refractivity contribution in [1.29, 1.82) is 0 Å². The van der Waals surface area contributed by atoms with E-state index in [0.29, 0.717) is 17.3 Å². The molecule has 0 aliphatic carbocycles. The molecule has 0 atom stereocenters. The zero-order chi connectivity index (χ0) is 21.7. The number of rotatable bonds is 7. The van der Waals surface area contributed by atoms with E-state index in [1.165, 1.54) is 12.1 Å². The second-order valence-corrected chi connectivity index (χ2v) is 7.02. The molecule has 0 fully saturated rings. The maximum absolute atomic E-state index is 13.2. The molecule has 0 spiro atoms. The lowest BCUT2D eigenvalue weighted by Crippen LogP contribution is -2.23. The number of hydrogen-bond acceptors (Lipinski definition) is 5. The lowest BCUT2D eigenvalue weighted by atomic mass is 10.2. The lowest BCUT2D eigenvalue weighted by molar-refractivity contribution is 0.102. The molecule has 30 heavy (non-hydrogen) atoms. The molecule has 0 radical (unpaired) electrons. The van der Waals surface area contributed by atoms with Gasteiger partial charge in [0.1, 0.15) is 23.3 Å². The van der Waals surface area contributed by atoms with Crippen LogP contribution in [0, 0.1) is 12.7 Å². The third kappa shape index (κ3) is 5.24. The molecule has 2 N–H and O–H groups in total. The van der Waals surface area contributed by atoms with Crippen LogP contribution >= 0.6 is 11.6 Å². The van der Waals surface area contributed by atoms with Gasteiger partial charge in [0.15, 0.2) is 0 Å². The average Bonchev–Trinajstić information content (AvgIpc) is 2.70. The number of anilines is 4. The highest BCUT2D eigenvalue weighted by Gasteiger charge is 2.12. The quantitative estimate of drug-likeness (QED) is 0.526. The molecular weight excluding hydrogens is 405 g/mol. The Morgan fingerprint density at radius 1 is 1.03 bits per heavy atom. The summed E-state index contributed by atoms with van der Waals surface area (Å²) in [6.07, 6.45) is 0. The molecule has 0 aliphatic rings. The van der Waals surface area contributed by atoms with E-state index in [1.807, 2.05) is 25.1 Å². The Bertz CT molecular complexity index is 1040. The molecule has 3 rings (SSSR count). The van der Waals surface area contributed by atoms with Crippen LogP contribution in [-0.4, -0.2) is 29.0 Å². The number of benzene rings is 2. The Kier molecular flexibility index (Phi) is 6.84. The van der Waals surface area contributed by atoms with Gasteiger partial charge in [0.25, 0.3) is 5.91 Å². The lowest BCUT2D eigenvalue weighted by Gasteiger charge is -2.20. The van der Waals surface area contributed by atoms with Gasteiger partial charge in [-0.05, 0) is 63.2 Å². The SMILES string of the molecule is CCN(CC)c1cc(Nc2ccc(NC(=O)c3ccc(F)cc3Cl)cc2)nc(C)n1. The summed E-state index contributed by atoms with van der Waals surface area (Å²) in [4.78, 5) is 23.5. The number of nitrogens with one attached hydrogen (secondary N) is 2. The number of aryl methyl sites for hydroxylation is 1. The Balaban J connectivity index is 1.71. The van der Waals surface area contributed by atoms with Crippen LogP contribution in [0.4, 0.5) is 27.4 Å². The molecule has 8 heteroatoms. The predicted octanol–water partition coefficient (Wildman–Crippen LogP) is 5.42. The number of hydrogen-bond donors (Lipinski definition) is 2. The first-order chi connectivity index (χ1) is 14.4. The normalized spacial score (nSPS) is 10.6. The zero-order valence-electron chi connectivity index (χ0n) is 17.0. The molecule has 156 valence electrons. The minimum atomic E-state index is -0.490. The van der Waals surface area contributed by atoms with Gasteiger partial charge >= 0.3 is 0 Å². The van der Waals surface area contributed by atoms with E-state index >= 15 is 0 Å². The van der Waals surface area contributed by atoms with Crippen LogP contribution in [-0.2, 0) is 0 Å². The van der Waals surface area contributed by atoms with Crippen LogP contribution in [0.3, 0.4) is 0 Å². The van der Waals surface area contributed by atoms with E-state index in [-0.39, 0.29) is 10.6 Å². The fourth-order valence-corrected chi connectivity index (χ4v) is 3.24. The standard InChI is InChI=1S/C22H23ClFN5O/c1-4-29(5-2)21-13-20(25-14(3)26-21)27-16-7-9-17(10-8-16)28-22(30)18-11-6-15(24)12-19(18)23/h6-13H,4-5H2,1-3H3,(H,28,30)(H,25,26,27). The summed E-state index contributed by atoms with van der Waals surface area (Å²) < 4.78 is 13.2. The number of nitrogens with zero attached hydrogens (tertiary/aromatic N) is 3. The number of aromatic nitrogens is 2. The van der Waals surface area contributed by atoms with E-state index in [9.17, 15) is 9.18 Å². The minimum Gasteiger partial charge on any atom is -0.357 e. The maximum Gasteiger partial charge on any atom is 0.257 e. The first kappa shape index (κ1) is 21.5. The third-order valence-electron chi connectivity index (χ3n) is 4.50. The topological polar surface area (TPSA) is 70.2 Å². The van der Waals surface area contributed by atoms with Crippen LogP contribution in [0.1, 0.15) is 30.0 Å². The predicted molar refractivity (Wildman–Crippen MR) is 119 cm³/mol. The first-order valence-electron chi connectivity index (χ1n) is 9.63. The molecule has 1 amide bonds. The van der Waals surface area contributed by atoms with Crippen LogP contribution in [0.5, 0.6) is 0 Å². The average molecular weight is 428 g/mol. The summed E-state index contributed by atoms with van der Waals surface area (Å²) in [6, 6.07) is 12.8. The van der Waals surface area contributed by atoms with E-state index in [2.05, 4.69) is 39.3 Å². The van der Waals surface area contributed by atoms with Crippen molar-refractivity contribution in [2.45, 2.75) is 20.8 Å². The monoisotopic (exact) mass is 427 g/mol. The molecule has 0 aliphatic heterocycles. The molecule has 3 aromatic rings. The first-order valence-corrected chi connectivity index (χ1v) is 10.0. The van der Waals surface area contributed by atoms with Crippen molar-refractivity contribution in [3.05, 3.63) is 70.8 Å².